The molecule has 1 aliphatic heterocycles. The number of aliphatic hydroxyl groups is 2. The van der Waals surface area contributed by atoms with Crippen molar-refractivity contribution in [3.05, 3.63) is 63.7 Å². The van der Waals surface area contributed by atoms with Gasteiger partial charge in [0.2, 0.25) is 0 Å². The van der Waals surface area contributed by atoms with Gasteiger partial charge in [0.1, 0.15) is 12.4 Å². The highest BCUT2D eigenvalue weighted by atomic mass is 35.5. The van der Waals surface area contributed by atoms with Gasteiger partial charge < -0.3 is 24.4 Å². The van der Waals surface area contributed by atoms with E-state index >= 15 is 0 Å². The maximum atomic E-state index is 10.1. The van der Waals surface area contributed by atoms with Gasteiger partial charge in [0, 0.05) is 17.9 Å². The average Bonchev–Trinajstić information content (AvgIpc) is 3.58. The van der Waals surface area contributed by atoms with Crippen LogP contribution >= 0.6 is 11.6 Å². The number of hydrogen-bond acceptors (Lipinski definition) is 5. The number of ether oxygens (including phenoxy) is 3. The predicted molar refractivity (Wildman–Crippen MR) is 120 cm³/mol. The first-order valence-electron chi connectivity index (χ1n) is 11.1. The van der Waals surface area contributed by atoms with Gasteiger partial charge >= 0.3 is 0 Å². The van der Waals surface area contributed by atoms with Crippen molar-refractivity contribution in [2.45, 2.75) is 63.4 Å². The van der Waals surface area contributed by atoms with Crippen LogP contribution in [0.4, 0.5) is 0 Å². The van der Waals surface area contributed by atoms with E-state index in [9.17, 15) is 10.2 Å². The monoisotopic (exact) mass is 446 g/mol. The topological polar surface area (TPSA) is 68.2 Å². The Hall–Kier alpha value is -1.63. The molecule has 1 aliphatic carbocycles. The molecule has 0 amide bonds. The summed E-state index contributed by atoms with van der Waals surface area (Å²) in [5.41, 5.74) is 4.22. The predicted octanol–water partition coefficient (Wildman–Crippen LogP) is 4.37. The SMILES string of the molecule is Cc1cc(Cc2cc(C3CC(O)CC(CO)O3)ccc2Cl)ccc1OCCOC1CC1. The molecule has 6 heteroatoms. The zero-order valence-corrected chi connectivity index (χ0v) is 18.7. The fourth-order valence-electron chi connectivity index (χ4n) is 4.06. The van der Waals surface area contributed by atoms with Crippen molar-refractivity contribution in [1.82, 2.24) is 0 Å². The van der Waals surface area contributed by atoms with Crippen LogP contribution in [0.5, 0.6) is 5.75 Å². The number of aliphatic hydroxyl groups excluding tert-OH is 2. The van der Waals surface area contributed by atoms with Crippen LogP contribution in [0.25, 0.3) is 0 Å². The quantitative estimate of drug-likeness (QED) is 0.560. The number of hydrogen-bond donors (Lipinski definition) is 2. The molecule has 1 saturated heterocycles. The number of aryl methyl sites for hydroxylation is 1. The van der Waals surface area contributed by atoms with E-state index in [1.165, 1.54) is 12.8 Å². The van der Waals surface area contributed by atoms with Crippen LogP contribution in [0.1, 0.15) is 54.0 Å². The molecule has 168 valence electrons. The third-order valence-corrected chi connectivity index (χ3v) is 6.24. The minimum atomic E-state index is -0.472. The van der Waals surface area contributed by atoms with Gasteiger partial charge in [-0.15, -0.1) is 0 Å². The molecule has 2 aliphatic rings. The maximum Gasteiger partial charge on any atom is 0.122 e. The van der Waals surface area contributed by atoms with Crippen LogP contribution in [0.15, 0.2) is 36.4 Å². The van der Waals surface area contributed by atoms with E-state index in [0.717, 1.165) is 28.0 Å². The molecule has 2 aromatic rings. The van der Waals surface area contributed by atoms with Crippen molar-refractivity contribution in [2.75, 3.05) is 19.8 Å². The highest BCUT2D eigenvalue weighted by molar-refractivity contribution is 6.31. The molecule has 31 heavy (non-hydrogen) atoms. The molecule has 0 bridgehead atoms. The summed E-state index contributed by atoms with van der Waals surface area (Å²) in [7, 11) is 0. The summed E-state index contributed by atoms with van der Waals surface area (Å²) in [4.78, 5) is 0. The van der Waals surface area contributed by atoms with Crippen molar-refractivity contribution in [3.8, 4) is 5.75 Å². The Labute approximate surface area is 188 Å². The molecule has 1 heterocycles. The Balaban J connectivity index is 1.41. The first-order chi connectivity index (χ1) is 15.0. The Morgan fingerprint density at radius 1 is 1.10 bits per heavy atom. The lowest BCUT2D eigenvalue weighted by Crippen LogP contribution is -2.33. The molecular formula is C25H31ClO5. The highest BCUT2D eigenvalue weighted by Crippen LogP contribution is 2.34. The Morgan fingerprint density at radius 3 is 2.68 bits per heavy atom. The lowest BCUT2D eigenvalue weighted by atomic mass is 9.94. The van der Waals surface area contributed by atoms with E-state index in [2.05, 4.69) is 18.2 Å². The van der Waals surface area contributed by atoms with Crippen LogP contribution in [-0.2, 0) is 15.9 Å². The van der Waals surface area contributed by atoms with Gasteiger partial charge in [-0.2, -0.15) is 0 Å². The van der Waals surface area contributed by atoms with Crippen LogP contribution in [0.3, 0.4) is 0 Å². The van der Waals surface area contributed by atoms with E-state index in [1.807, 2.05) is 25.1 Å². The van der Waals surface area contributed by atoms with Crippen molar-refractivity contribution in [2.24, 2.45) is 0 Å². The van der Waals surface area contributed by atoms with Gasteiger partial charge in [-0.05, 0) is 60.6 Å². The smallest absolute Gasteiger partial charge is 0.122 e. The first-order valence-corrected chi connectivity index (χ1v) is 11.5. The van der Waals surface area contributed by atoms with E-state index in [-0.39, 0.29) is 18.8 Å². The second-order valence-corrected chi connectivity index (χ2v) is 9.01. The van der Waals surface area contributed by atoms with Gasteiger partial charge in [0.25, 0.3) is 0 Å². The van der Waals surface area contributed by atoms with E-state index in [4.69, 9.17) is 25.8 Å². The van der Waals surface area contributed by atoms with Crippen molar-refractivity contribution < 1.29 is 24.4 Å². The molecule has 1 saturated carbocycles. The van der Waals surface area contributed by atoms with Crippen molar-refractivity contribution >= 4 is 11.6 Å². The highest BCUT2D eigenvalue weighted by Gasteiger charge is 2.29. The summed E-state index contributed by atoms with van der Waals surface area (Å²) >= 11 is 6.49. The van der Waals surface area contributed by atoms with Gasteiger partial charge in [0.05, 0.1) is 37.6 Å². The van der Waals surface area contributed by atoms with Crippen molar-refractivity contribution in [1.29, 1.82) is 0 Å². The largest absolute Gasteiger partial charge is 0.491 e. The Bertz CT molecular complexity index is 882. The minimum absolute atomic E-state index is 0.0889. The van der Waals surface area contributed by atoms with Gasteiger partial charge in [0.15, 0.2) is 0 Å². The summed E-state index contributed by atoms with van der Waals surface area (Å²) in [5, 5.41) is 20.3. The fourth-order valence-corrected chi connectivity index (χ4v) is 4.24. The third kappa shape index (κ3) is 6.21. The molecule has 5 nitrogen and oxygen atoms in total. The molecule has 2 fully saturated rings. The van der Waals surface area contributed by atoms with E-state index in [1.54, 1.807) is 0 Å². The normalized spacial score (nSPS) is 23.7. The van der Waals surface area contributed by atoms with Gasteiger partial charge in [-0.3, -0.25) is 0 Å². The fraction of sp³-hybridized carbons (Fsp3) is 0.520. The average molecular weight is 447 g/mol. The molecule has 2 N–H and O–H groups in total. The van der Waals surface area contributed by atoms with Crippen LogP contribution in [-0.4, -0.2) is 48.3 Å². The zero-order chi connectivity index (χ0) is 21.8. The molecule has 0 spiro atoms. The second-order valence-electron chi connectivity index (χ2n) is 8.60. The van der Waals surface area contributed by atoms with Gasteiger partial charge in [-0.1, -0.05) is 35.9 Å². The minimum Gasteiger partial charge on any atom is -0.491 e. The standard InChI is InChI=1S/C25H31ClO5/c1-16-10-17(2-7-24(16)30-9-8-29-21-4-5-21)11-19-12-18(3-6-23(19)26)25-14-20(28)13-22(15-27)31-25/h2-3,6-7,10,12,20-22,25,27-28H,4-5,8-9,11,13-15H2,1H3. The molecule has 3 atom stereocenters. The molecular weight excluding hydrogens is 416 g/mol. The number of halogens is 1. The number of benzene rings is 2. The summed E-state index contributed by atoms with van der Waals surface area (Å²) < 4.78 is 17.5. The lowest BCUT2D eigenvalue weighted by molar-refractivity contribution is -0.113. The summed E-state index contributed by atoms with van der Waals surface area (Å²) in [6, 6.07) is 12.1. The van der Waals surface area contributed by atoms with Crippen LogP contribution in [0, 0.1) is 6.92 Å². The molecule has 0 aromatic heterocycles. The molecule has 4 rings (SSSR count). The van der Waals surface area contributed by atoms with Crippen LogP contribution < -0.4 is 4.74 Å². The van der Waals surface area contributed by atoms with E-state index < -0.39 is 6.10 Å². The number of rotatable bonds is 9. The third-order valence-electron chi connectivity index (χ3n) is 5.88. The van der Waals surface area contributed by atoms with Crippen molar-refractivity contribution in [3.63, 3.8) is 0 Å². The summed E-state index contributed by atoms with van der Waals surface area (Å²) in [6.45, 7) is 3.15. The zero-order valence-electron chi connectivity index (χ0n) is 17.9. The molecule has 0 radical (unpaired) electrons. The lowest BCUT2D eigenvalue weighted by Gasteiger charge is -2.32. The van der Waals surface area contributed by atoms with Gasteiger partial charge in [-0.25, -0.2) is 0 Å². The van der Waals surface area contributed by atoms with E-state index in [0.29, 0.717) is 43.6 Å². The Morgan fingerprint density at radius 2 is 1.94 bits per heavy atom. The second kappa shape index (κ2) is 10.3. The Kier molecular flexibility index (Phi) is 7.51. The summed E-state index contributed by atoms with van der Waals surface area (Å²) in [5.74, 6) is 0.877. The summed E-state index contributed by atoms with van der Waals surface area (Å²) in [6.07, 6.45) is 3.42. The maximum absolute atomic E-state index is 10.1. The molecule has 2 aromatic carbocycles. The molecule has 3 unspecified atom stereocenters. The van der Waals surface area contributed by atoms with Crippen LogP contribution in [0.2, 0.25) is 5.02 Å². The first kappa shape index (κ1) is 22.6.